The first-order valence-electron chi connectivity index (χ1n) is 6.09. The van der Waals surface area contributed by atoms with Crippen LogP contribution in [-0.2, 0) is 6.54 Å². The molecule has 0 aliphatic rings. The Balaban J connectivity index is 1.65. The number of fused-ring (bicyclic) bond motifs is 1. The summed E-state index contributed by atoms with van der Waals surface area (Å²) in [5, 5.41) is 9.25. The number of nitrogens with one attached hydrogen (secondary N) is 2. The van der Waals surface area contributed by atoms with E-state index >= 15 is 0 Å². The molecule has 2 amide bonds. The molecular formula is C14H12N4OS. The highest BCUT2D eigenvalue weighted by molar-refractivity contribution is 7.09. The quantitative estimate of drug-likeness (QED) is 0.777. The van der Waals surface area contributed by atoms with Crippen molar-refractivity contribution in [2.45, 2.75) is 6.54 Å². The van der Waals surface area contributed by atoms with Crippen LogP contribution >= 0.6 is 11.3 Å². The van der Waals surface area contributed by atoms with E-state index in [1.165, 1.54) is 11.3 Å². The fourth-order valence-electron chi connectivity index (χ4n) is 1.81. The number of rotatable bonds is 3. The number of benzene rings is 1. The molecular weight excluding hydrogens is 272 g/mol. The minimum atomic E-state index is -0.266. The molecule has 2 heterocycles. The molecule has 6 heteroatoms. The highest BCUT2D eigenvalue weighted by atomic mass is 32.1. The first kappa shape index (κ1) is 12.6. The highest BCUT2D eigenvalue weighted by Crippen LogP contribution is 2.15. The molecule has 2 N–H and O–H groups in total. The lowest BCUT2D eigenvalue weighted by atomic mass is 10.2. The van der Waals surface area contributed by atoms with E-state index in [2.05, 4.69) is 20.6 Å². The lowest BCUT2D eigenvalue weighted by Gasteiger charge is -2.07. The van der Waals surface area contributed by atoms with Crippen molar-refractivity contribution in [1.29, 1.82) is 0 Å². The molecule has 0 atom stereocenters. The monoisotopic (exact) mass is 284 g/mol. The summed E-state index contributed by atoms with van der Waals surface area (Å²) in [5.41, 5.74) is 1.57. The zero-order valence-corrected chi connectivity index (χ0v) is 11.4. The largest absolute Gasteiger partial charge is 0.331 e. The number of urea groups is 1. The van der Waals surface area contributed by atoms with Gasteiger partial charge in [0.25, 0.3) is 0 Å². The van der Waals surface area contributed by atoms with Crippen LogP contribution in [0.15, 0.2) is 48.1 Å². The van der Waals surface area contributed by atoms with Crippen molar-refractivity contribution in [1.82, 2.24) is 15.3 Å². The Morgan fingerprint density at radius 2 is 2.15 bits per heavy atom. The first-order chi connectivity index (χ1) is 9.81. The van der Waals surface area contributed by atoms with Gasteiger partial charge in [0.1, 0.15) is 5.01 Å². The van der Waals surface area contributed by atoms with Crippen molar-refractivity contribution in [3.05, 3.63) is 53.1 Å². The van der Waals surface area contributed by atoms with Crippen LogP contribution in [0.3, 0.4) is 0 Å². The maximum Gasteiger partial charge on any atom is 0.319 e. The van der Waals surface area contributed by atoms with Crippen LogP contribution in [0.25, 0.3) is 10.9 Å². The summed E-state index contributed by atoms with van der Waals surface area (Å²) in [6, 6.07) is 9.39. The molecule has 20 heavy (non-hydrogen) atoms. The number of hydrogen-bond acceptors (Lipinski definition) is 4. The van der Waals surface area contributed by atoms with Gasteiger partial charge in [-0.25, -0.2) is 9.78 Å². The van der Waals surface area contributed by atoms with Crippen molar-refractivity contribution in [2.75, 3.05) is 5.32 Å². The second-order valence-electron chi connectivity index (χ2n) is 4.15. The molecule has 0 fully saturated rings. The van der Waals surface area contributed by atoms with E-state index in [-0.39, 0.29) is 6.03 Å². The van der Waals surface area contributed by atoms with Gasteiger partial charge >= 0.3 is 6.03 Å². The van der Waals surface area contributed by atoms with Crippen molar-refractivity contribution in [3.8, 4) is 0 Å². The fourth-order valence-corrected chi connectivity index (χ4v) is 2.37. The van der Waals surface area contributed by atoms with Crippen molar-refractivity contribution in [2.24, 2.45) is 0 Å². The molecule has 0 aliphatic carbocycles. The Hall–Kier alpha value is -2.47. The van der Waals surface area contributed by atoms with Gasteiger partial charge in [-0.1, -0.05) is 18.2 Å². The molecule has 0 spiro atoms. The van der Waals surface area contributed by atoms with Gasteiger partial charge in [0.15, 0.2) is 0 Å². The lowest BCUT2D eigenvalue weighted by molar-refractivity contribution is 0.251. The van der Waals surface area contributed by atoms with Crippen LogP contribution in [0.4, 0.5) is 10.5 Å². The van der Waals surface area contributed by atoms with E-state index in [4.69, 9.17) is 0 Å². The van der Waals surface area contributed by atoms with Gasteiger partial charge < -0.3 is 10.6 Å². The van der Waals surface area contributed by atoms with E-state index in [1.54, 1.807) is 12.4 Å². The number of aromatic nitrogens is 2. The molecule has 5 nitrogen and oxygen atoms in total. The minimum Gasteiger partial charge on any atom is -0.331 e. The smallest absolute Gasteiger partial charge is 0.319 e. The Morgan fingerprint density at radius 3 is 3.00 bits per heavy atom. The number of carbonyl (C=O) groups excluding carboxylic acids is 1. The van der Waals surface area contributed by atoms with Crippen molar-refractivity contribution < 1.29 is 4.79 Å². The van der Waals surface area contributed by atoms with Crippen molar-refractivity contribution >= 4 is 34.0 Å². The van der Waals surface area contributed by atoms with Crippen molar-refractivity contribution in [3.63, 3.8) is 0 Å². The zero-order chi connectivity index (χ0) is 13.8. The summed E-state index contributed by atoms with van der Waals surface area (Å²) >= 11 is 1.51. The van der Waals surface area contributed by atoms with Gasteiger partial charge in [0, 0.05) is 17.0 Å². The average molecular weight is 284 g/mol. The third-order valence-corrected chi connectivity index (χ3v) is 3.51. The normalized spacial score (nSPS) is 10.4. The summed E-state index contributed by atoms with van der Waals surface area (Å²) in [5.74, 6) is 0. The van der Waals surface area contributed by atoms with Crippen LogP contribution < -0.4 is 10.6 Å². The maximum absolute atomic E-state index is 11.8. The number of carbonyl (C=O) groups is 1. The van der Waals surface area contributed by atoms with E-state index in [1.807, 2.05) is 35.7 Å². The summed E-state index contributed by atoms with van der Waals surface area (Å²) in [6.45, 7) is 0.421. The fraction of sp³-hybridized carbons (Fsp3) is 0.0714. The molecule has 0 bridgehead atoms. The number of amides is 2. The molecule has 3 rings (SSSR count). The molecule has 0 saturated carbocycles. The topological polar surface area (TPSA) is 66.9 Å². The van der Waals surface area contributed by atoms with E-state index in [0.29, 0.717) is 12.2 Å². The van der Waals surface area contributed by atoms with Gasteiger partial charge in [-0.3, -0.25) is 4.98 Å². The maximum atomic E-state index is 11.8. The number of thiazole rings is 1. The van der Waals surface area contributed by atoms with Crippen LogP contribution in [0.1, 0.15) is 5.01 Å². The summed E-state index contributed by atoms with van der Waals surface area (Å²) in [6.07, 6.45) is 3.36. The Kier molecular flexibility index (Phi) is 3.56. The van der Waals surface area contributed by atoms with Crippen LogP contribution in [0, 0.1) is 0 Å². The molecule has 0 saturated heterocycles. The van der Waals surface area contributed by atoms with E-state index in [9.17, 15) is 4.79 Å². The molecule has 100 valence electrons. The van der Waals surface area contributed by atoms with E-state index < -0.39 is 0 Å². The Labute approximate surface area is 119 Å². The van der Waals surface area contributed by atoms with Crippen LogP contribution in [-0.4, -0.2) is 16.0 Å². The SMILES string of the molecule is O=C(NCc1nccs1)Nc1cnc2ccccc2c1. The standard InChI is InChI=1S/C14H12N4OS/c19-14(17-9-13-15-5-6-20-13)18-11-7-10-3-1-2-4-12(10)16-8-11/h1-8H,9H2,(H2,17,18,19). The molecule has 1 aromatic carbocycles. The van der Waals surface area contributed by atoms with Gasteiger partial charge in [-0.05, 0) is 12.1 Å². The Morgan fingerprint density at radius 1 is 1.25 bits per heavy atom. The molecule has 3 aromatic rings. The number of para-hydroxylation sites is 1. The number of pyridine rings is 1. The summed E-state index contributed by atoms with van der Waals surface area (Å²) in [7, 11) is 0. The molecule has 0 radical (unpaired) electrons. The molecule has 2 aromatic heterocycles. The van der Waals surface area contributed by atoms with Gasteiger partial charge in [0.05, 0.1) is 23.9 Å². The lowest BCUT2D eigenvalue weighted by Crippen LogP contribution is -2.28. The predicted octanol–water partition coefficient (Wildman–Crippen LogP) is 3.01. The van der Waals surface area contributed by atoms with Crippen LogP contribution in [0.2, 0.25) is 0 Å². The third kappa shape index (κ3) is 2.92. The second kappa shape index (κ2) is 5.66. The number of anilines is 1. The average Bonchev–Trinajstić information content (AvgIpc) is 2.98. The minimum absolute atomic E-state index is 0.266. The first-order valence-corrected chi connectivity index (χ1v) is 6.97. The van der Waals surface area contributed by atoms with Gasteiger partial charge in [-0.2, -0.15) is 0 Å². The van der Waals surface area contributed by atoms with Gasteiger partial charge in [0.2, 0.25) is 0 Å². The molecule has 0 unspecified atom stereocenters. The second-order valence-corrected chi connectivity index (χ2v) is 5.13. The highest BCUT2D eigenvalue weighted by Gasteiger charge is 2.04. The predicted molar refractivity (Wildman–Crippen MR) is 79.7 cm³/mol. The summed E-state index contributed by atoms with van der Waals surface area (Å²) < 4.78 is 0. The Bertz CT molecular complexity index is 727. The number of nitrogens with zero attached hydrogens (tertiary/aromatic N) is 2. The third-order valence-electron chi connectivity index (χ3n) is 2.73. The van der Waals surface area contributed by atoms with Gasteiger partial charge in [-0.15, -0.1) is 11.3 Å². The summed E-state index contributed by atoms with van der Waals surface area (Å²) in [4.78, 5) is 20.2. The van der Waals surface area contributed by atoms with E-state index in [0.717, 1.165) is 15.9 Å². The number of hydrogen-bond donors (Lipinski definition) is 2. The van der Waals surface area contributed by atoms with Crippen LogP contribution in [0.5, 0.6) is 0 Å². The molecule has 0 aliphatic heterocycles. The zero-order valence-electron chi connectivity index (χ0n) is 10.5.